The Morgan fingerprint density at radius 3 is 2.95 bits per heavy atom. The summed E-state index contributed by atoms with van der Waals surface area (Å²) in [6.07, 6.45) is 0.724. The van der Waals surface area contributed by atoms with E-state index < -0.39 is 0 Å². The second-order valence-electron chi connectivity index (χ2n) is 4.73. The number of fused-ring (bicyclic) bond motifs is 1. The molecule has 19 heavy (non-hydrogen) atoms. The van der Waals surface area contributed by atoms with Gasteiger partial charge in [0.15, 0.2) is 0 Å². The van der Waals surface area contributed by atoms with Gasteiger partial charge in [0.05, 0.1) is 16.9 Å². The zero-order valence-electron chi connectivity index (χ0n) is 10.4. The molecule has 0 spiro atoms. The Kier molecular flexibility index (Phi) is 2.93. The van der Waals surface area contributed by atoms with Crippen molar-refractivity contribution in [1.82, 2.24) is 14.5 Å². The number of imidazole rings is 1. The van der Waals surface area contributed by atoms with Crippen LogP contribution >= 0.6 is 11.6 Å². The van der Waals surface area contributed by atoms with E-state index in [1.54, 1.807) is 18.0 Å². The fourth-order valence-electron chi connectivity index (χ4n) is 2.61. The van der Waals surface area contributed by atoms with E-state index in [0.29, 0.717) is 17.9 Å². The van der Waals surface area contributed by atoms with E-state index in [9.17, 15) is 9.18 Å². The van der Waals surface area contributed by atoms with Gasteiger partial charge in [-0.25, -0.2) is 9.37 Å². The van der Waals surface area contributed by atoms with Gasteiger partial charge in [0, 0.05) is 19.7 Å². The van der Waals surface area contributed by atoms with Crippen molar-refractivity contribution >= 4 is 28.5 Å². The highest BCUT2D eigenvalue weighted by molar-refractivity contribution is 6.17. The largest absolute Gasteiger partial charge is 0.344 e. The Morgan fingerprint density at radius 1 is 1.53 bits per heavy atom. The van der Waals surface area contributed by atoms with Gasteiger partial charge in [-0.05, 0) is 18.6 Å². The molecule has 1 fully saturated rings. The second-order valence-corrected chi connectivity index (χ2v) is 5.00. The average Bonchev–Trinajstić information content (AvgIpc) is 2.90. The Bertz CT molecular complexity index is 655. The molecule has 0 aliphatic carbocycles. The molecule has 2 aromatic rings. The summed E-state index contributed by atoms with van der Waals surface area (Å²) in [4.78, 5) is 18.2. The van der Waals surface area contributed by atoms with E-state index in [2.05, 4.69) is 4.98 Å². The molecule has 1 aromatic carbocycles. The molecule has 1 unspecified atom stereocenters. The molecule has 2 heterocycles. The zero-order valence-corrected chi connectivity index (χ0v) is 11.2. The molecule has 100 valence electrons. The topological polar surface area (TPSA) is 38.1 Å². The van der Waals surface area contributed by atoms with Crippen molar-refractivity contribution in [2.75, 3.05) is 13.6 Å². The van der Waals surface area contributed by atoms with Gasteiger partial charge < -0.3 is 9.47 Å². The summed E-state index contributed by atoms with van der Waals surface area (Å²) in [5, 5.41) is 0. The second kappa shape index (κ2) is 4.49. The summed E-state index contributed by atoms with van der Waals surface area (Å²) in [5.41, 5.74) is 1.30. The number of rotatable bonds is 2. The Hall–Kier alpha value is -1.62. The third kappa shape index (κ3) is 1.89. The predicted molar refractivity (Wildman–Crippen MR) is 70.5 cm³/mol. The Balaban J connectivity index is 2.19. The number of aromatic nitrogens is 2. The van der Waals surface area contributed by atoms with Gasteiger partial charge in [0.2, 0.25) is 5.91 Å². The molecule has 6 heteroatoms. The minimum Gasteiger partial charge on any atom is -0.344 e. The van der Waals surface area contributed by atoms with Crippen LogP contribution < -0.4 is 0 Å². The van der Waals surface area contributed by atoms with Crippen molar-refractivity contribution in [3.05, 3.63) is 29.8 Å². The minimum absolute atomic E-state index is 0.0509. The van der Waals surface area contributed by atoms with E-state index in [1.165, 1.54) is 12.1 Å². The van der Waals surface area contributed by atoms with Crippen molar-refractivity contribution in [3.8, 4) is 0 Å². The number of halogens is 2. The van der Waals surface area contributed by atoms with E-state index in [1.807, 2.05) is 4.57 Å². The number of nitrogens with zero attached hydrogens (tertiary/aromatic N) is 3. The normalized spacial score (nSPS) is 19.6. The molecular weight excluding hydrogens is 269 g/mol. The molecule has 0 N–H and O–H groups in total. The maximum Gasteiger partial charge on any atom is 0.245 e. The quantitative estimate of drug-likeness (QED) is 0.793. The van der Waals surface area contributed by atoms with Crippen LogP contribution in [0.25, 0.3) is 11.0 Å². The molecule has 0 saturated carbocycles. The molecule has 3 rings (SSSR count). The number of alkyl halides is 1. The van der Waals surface area contributed by atoms with Crippen LogP contribution in [0.3, 0.4) is 0 Å². The third-order valence-corrected chi connectivity index (χ3v) is 3.79. The van der Waals surface area contributed by atoms with Crippen molar-refractivity contribution in [3.63, 3.8) is 0 Å². The molecule has 1 atom stereocenters. The molecule has 0 bridgehead atoms. The number of hydrogen-bond donors (Lipinski definition) is 0. The summed E-state index contributed by atoms with van der Waals surface area (Å²) in [6.45, 7) is 0.714. The lowest BCUT2D eigenvalue weighted by molar-refractivity contribution is -0.129. The highest BCUT2D eigenvalue weighted by Gasteiger charge is 2.33. The number of hydrogen-bond acceptors (Lipinski definition) is 2. The first-order valence-corrected chi connectivity index (χ1v) is 6.62. The Labute approximate surface area is 114 Å². The van der Waals surface area contributed by atoms with Crippen LogP contribution in [0.1, 0.15) is 18.3 Å². The van der Waals surface area contributed by atoms with Gasteiger partial charge in [-0.2, -0.15) is 0 Å². The van der Waals surface area contributed by atoms with Crippen LogP contribution in [-0.2, 0) is 10.7 Å². The highest BCUT2D eigenvalue weighted by Crippen LogP contribution is 2.29. The van der Waals surface area contributed by atoms with Crippen LogP contribution in [0.2, 0.25) is 0 Å². The molecule has 1 aliphatic heterocycles. The molecule has 1 aromatic heterocycles. The van der Waals surface area contributed by atoms with E-state index >= 15 is 0 Å². The van der Waals surface area contributed by atoms with Crippen LogP contribution in [0.5, 0.6) is 0 Å². The number of likely N-dealkylation sites (tertiary alicyclic amines) is 1. The third-order valence-electron chi connectivity index (χ3n) is 3.56. The van der Waals surface area contributed by atoms with Crippen LogP contribution in [-0.4, -0.2) is 34.0 Å². The van der Waals surface area contributed by atoms with Gasteiger partial charge in [0.25, 0.3) is 0 Å². The number of amides is 1. The number of likely N-dealkylation sites (N-methyl/N-ethyl adjacent to an activating group) is 1. The van der Waals surface area contributed by atoms with Crippen LogP contribution in [0.4, 0.5) is 4.39 Å². The maximum atomic E-state index is 13.2. The summed E-state index contributed by atoms with van der Waals surface area (Å²) in [5.74, 6) is 0.517. The highest BCUT2D eigenvalue weighted by atomic mass is 35.5. The maximum absolute atomic E-state index is 13.2. The van der Waals surface area contributed by atoms with E-state index in [-0.39, 0.29) is 23.6 Å². The molecule has 0 radical (unpaired) electrons. The summed E-state index contributed by atoms with van der Waals surface area (Å²) in [6, 6.07) is 4.11. The lowest BCUT2D eigenvalue weighted by Gasteiger charge is -2.15. The van der Waals surface area contributed by atoms with Gasteiger partial charge in [-0.15, -0.1) is 11.6 Å². The first-order valence-electron chi connectivity index (χ1n) is 6.09. The first-order chi connectivity index (χ1) is 9.11. The fourth-order valence-corrected chi connectivity index (χ4v) is 2.80. The number of carbonyl (C=O) groups excluding carboxylic acids is 1. The molecular formula is C13H13ClFN3O. The first kappa shape index (κ1) is 12.4. The average molecular weight is 282 g/mol. The SMILES string of the molecule is CN1CCC(n2c(CCl)nc3cc(F)ccc32)C1=O. The standard InChI is InChI=1S/C13H13ClFN3O/c1-17-5-4-11(13(17)19)18-10-3-2-8(15)6-9(10)16-12(18)7-14/h2-3,6,11H,4-5,7H2,1H3. The van der Waals surface area contributed by atoms with Crippen LogP contribution in [0, 0.1) is 5.82 Å². The van der Waals surface area contributed by atoms with Crippen molar-refractivity contribution in [1.29, 1.82) is 0 Å². The minimum atomic E-state index is -0.340. The lowest BCUT2D eigenvalue weighted by atomic mass is 10.2. The number of carbonyl (C=O) groups is 1. The van der Waals surface area contributed by atoms with Gasteiger partial charge in [-0.1, -0.05) is 0 Å². The van der Waals surface area contributed by atoms with Crippen molar-refractivity contribution in [2.45, 2.75) is 18.3 Å². The smallest absolute Gasteiger partial charge is 0.245 e. The van der Waals surface area contributed by atoms with E-state index in [0.717, 1.165) is 11.9 Å². The van der Waals surface area contributed by atoms with Gasteiger partial charge in [0.1, 0.15) is 17.7 Å². The molecule has 1 saturated heterocycles. The predicted octanol–water partition coefficient (Wildman–Crippen LogP) is 2.32. The fraction of sp³-hybridized carbons (Fsp3) is 0.385. The summed E-state index contributed by atoms with van der Waals surface area (Å²) < 4.78 is 15.1. The van der Waals surface area contributed by atoms with Gasteiger partial charge >= 0.3 is 0 Å². The summed E-state index contributed by atoms with van der Waals surface area (Å²) >= 11 is 5.90. The van der Waals surface area contributed by atoms with E-state index in [4.69, 9.17) is 11.6 Å². The molecule has 1 amide bonds. The zero-order chi connectivity index (χ0) is 13.6. The van der Waals surface area contributed by atoms with Crippen molar-refractivity contribution in [2.24, 2.45) is 0 Å². The van der Waals surface area contributed by atoms with Gasteiger partial charge in [-0.3, -0.25) is 4.79 Å². The Morgan fingerprint density at radius 2 is 2.32 bits per heavy atom. The summed E-state index contributed by atoms with van der Waals surface area (Å²) in [7, 11) is 1.78. The van der Waals surface area contributed by atoms with Crippen LogP contribution in [0.15, 0.2) is 18.2 Å². The number of benzene rings is 1. The van der Waals surface area contributed by atoms with Crippen molar-refractivity contribution < 1.29 is 9.18 Å². The molecule has 1 aliphatic rings. The molecule has 4 nitrogen and oxygen atoms in total. The monoisotopic (exact) mass is 281 g/mol. The lowest BCUT2D eigenvalue weighted by Crippen LogP contribution is -2.25.